The van der Waals surface area contributed by atoms with Gasteiger partial charge in [0.15, 0.2) is 30.4 Å². The number of carbonyl (C=O) groups is 7. The summed E-state index contributed by atoms with van der Waals surface area (Å²) >= 11 is 0. The Labute approximate surface area is 805 Å². The third-order valence-corrected chi connectivity index (χ3v) is 22.1. The predicted molar refractivity (Wildman–Crippen MR) is 460 cm³/mol. The zero-order valence-corrected chi connectivity index (χ0v) is 77.1. The van der Waals surface area contributed by atoms with Crippen molar-refractivity contribution in [2.24, 2.45) is 11.6 Å². The number of hydrogen-bond acceptors (Lipinski definition) is 40. The number of nitrogens with two attached hydrogens (primary N) is 2. The summed E-state index contributed by atoms with van der Waals surface area (Å²) in [7, 11) is 0. The molecule has 0 saturated carbocycles. The second kappa shape index (κ2) is 58.0. The first-order chi connectivity index (χ1) is 67.8. The van der Waals surface area contributed by atoms with Crippen molar-refractivity contribution >= 4 is 63.6 Å². The molecule has 6 bridgehead atoms. The van der Waals surface area contributed by atoms with Crippen molar-refractivity contribution in [1.82, 2.24) is 42.2 Å². The summed E-state index contributed by atoms with van der Waals surface area (Å²) < 4.78 is 253. The lowest BCUT2D eigenvalue weighted by Crippen LogP contribution is -2.67. The number of fused-ring (bicyclic) bond motifs is 7. The van der Waals surface area contributed by atoms with E-state index < -0.39 is 167 Å². The lowest BCUT2D eigenvalue weighted by molar-refractivity contribution is -0.240. The maximum atomic E-state index is 14.2. The number of rotatable bonds is 69. The van der Waals surface area contributed by atoms with Crippen LogP contribution in [0.15, 0.2) is 54.7 Å². The van der Waals surface area contributed by atoms with Crippen LogP contribution in [0.2, 0.25) is 0 Å². The number of aromatic nitrogens is 1. The highest BCUT2D eigenvalue weighted by molar-refractivity contribution is 5.84. The molecule has 0 aliphatic carbocycles. The molecule has 0 radical (unpaired) electrons. The van der Waals surface area contributed by atoms with Gasteiger partial charge in [0.1, 0.15) is 82.8 Å². The fourth-order valence-corrected chi connectivity index (χ4v) is 14.6. The third kappa shape index (κ3) is 37.0. The number of halogens is 10. The maximum Gasteiger partial charge on any atom is 0.471 e. The zero-order valence-electron chi connectivity index (χ0n) is 77.1. The highest BCUT2D eigenvalue weighted by atomic mass is 19.4. The number of aliphatic hydroxyl groups is 6. The summed E-state index contributed by atoms with van der Waals surface area (Å²) in [6, 6.07) is 6.88. The van der Waals surface area contributed by atoms with Crippen LogP contribution in [0.25, 0.3) is 16.6 Å². The van der Waals surface area contributed by atoms with Crippen molar-refractivity contribution in [2.45, 2.75) is 147 Å². The van der Waals surface area contributed by atoms with Crippen LogP contribution < -0.4 is 58.5 Å². The number of hydrogen-bond donors (Lipinski definition) is 16. The van der Waals surface area contributed by atoms with E-state index in [1.165, 1.54) is 12.3 Å². The standard InChI is InChI=1S/C85H123F10N11O36/c86-55-41-53(4-8-59(55)107)106(97)42-56(96)58-6-3-52-40-54(5-7-57(52)101-58)136-15-1-2-63(111)105-79(43-130-16-9-60(108)98-12-19-121-22-25-124-28-31-127-34-37-133-46-80-49-137-73(140-80)64(67(112)70(80)115)102-76(118)83(87,88)89,44-131-17-10-61(109)99-13-20-122-23-26-125-29-32-128-35-38-134-47-81-50-138-74(141-81)65(68(113)71(81)116)103-77(119)84(90,91)92)45-132-18-11-62(110)100-14-21-123-24-27-126-30-33-129-36-39-135-48-82-51-139-75(142-82)66(69(114)72(82)117)104-78(120)85(93,94)95/h3-8,40-42,64-75,107,112-117H,1-2,9-39,43-51,96-97H2,(H,98,108)(H,99,109)(H,100,110)(H,102,118)(H,103,119)(H,104,120)(H,105,111)/b56-42-/t64-,65-,66-,67-,68-,69-,70-,71-,72-,73-,74-,75-,80+,81+,82+/m1/s1. The van der Waals surface area contributed by atoms with Gasteiger partial charge in [-0.15, -0.1) is 0 Å². The molecule has 9 rings (SSSR count). The minimum atomic E-state index is -5.26. The number of ether oxygens (including phenoxy) is 22. The zero-order chi connectivity index (χ0) is 103. The molecule has 804 valence electrons. The Kier molecular flexibility index (Phi) is 47.7. The smallest absolute Gasteiger partial charge is 0.471 e. The number of amides is 7. The Morgan fingerprint density at radius 3 is 1.12 bits per heavy atom. The van der Waals surface area contributed by atoms with Crippen LogP contribution in [0.1, 0.15) is 37.8 Å². The van der Waals surface area contributed by atoms with Crippen molar-refractivity contribution in [2.75, 3.05) is 249 Å². The van der Waals surface area contributed by atoms with Crippen LogP contribution >= 0.6 is 0 Å². The molecule has 142 heavy (non-hydrogen) atoms. The second-order valence-electron chi connectivity index (χ2n) is 33.0. The number of nitrogens with zero attached hydrogens (tertiary/aromatic N) is 2. The summed E-state index contributed by atoms with van der Waals surface area (Å²) in [5.41, 5.74) is 1.11. The lowest BCUT2D eigenvalue weighted by Gasteiger charge is -2.42. The molecule has 1 aromatic heterocycles. The molecule has 0 unspecified atom stereocenters. The quantitative estimate of drug-likeness (QED) is 0.0111. The number of benzene rings is 2. The predicted octanol–water partition coefficient (Wildman–Crippen LogP) is -3.82. The van der Waals surface area contributed by atoms with E-state index in [2.05, 4.69) is 26.3 Å². The van der Waals surface area contributed by atoms with E-state index in [9.17, 15) is 113 Å². The monoisotopic (exact) mass is 2060 g/mol. The first kappa shape index (κ1) is 117. The molecule has 7 heterocycles. The minimum Gasteiger partial charge on any atom is -0.505 e. The van der Waals surface area contributed by atoms with Crippen LogP contribution in [0.4, 0.5) is 49.6 Å². The number of pyridine rings is 1. The number of aliphatic hydroxyl groups excluding tert-OH is 6. The molecule has 6 fully saturated rings. The van der Waals surface area contributed by atoms with Gasteiger partial charge in [-0.3, -0.25) is 38.6 Å². The number of phenolic OH excluding ortho intramolecular Hbond substituents is 1. The van der Waals surface area contributed by atoms with Crippen LogP contribution in [-0.2, 0) is 133 Å². The number of hydrazine groups is 1. The molecular weight excluding hydrogens is 1940 g/mol. The second-order valence-corrected chi connectivity index (χ2v) is 33.0. The molecule has 15 atom stereocenters. The highest BCUT2D eigenvalue weighted by Crippen LogP contribution is 2.41. The summed E-state index contributed by atoms with van der Waals surface area (Å²) in [6.45, 7) is -1.42. The van der Waals surface area contributed by atoms with Crippen molar-refractivity contribution in [3.8, 4) is 11.5 Å². The molecule has 6 saturated heterocycles. The van der Waals surface area contributed by atoms with E-state index in [1.807, 2.05) is 0 Å². The van der Waals surface area contributed by atoms with Crippen LogP contribution in [0, 0.1) is 5.82 Å². The molecule has 6 aliphatic heterocycles. The number of alkyl halides is 9. The topological polar surface area (TPSA) is 617 Å². The first-order valence-corrected chi connectivity index (χ1v) is 45.2. The van der Waals surface area contributed by atoms with Crippen molar-refractivity contribution < 1.29 is 217 Å². The molecule has 6 aliphatic rings. The SMILES string of the molecule is N/C(=C\N(N)c1ccc(O)c(F)c1)c1ccc2cc(OCCCC(=O)NC(COCCC(=O)NCCOCCOCCOCCOC[C@@]34CO[C@H](O3)[C@H](NC(=O)C(F)(F)F)[C@@H](O)[C@H]4O)(COCCC(=O)NCCOCCOCCOCCOC[C@@]34CO[C@H](O3)[C@H](NC(=O)C(F)(F)F)[C@@H](O)[C@H]4O)COCCC(=O)NCCOCCOCCOCCOC[C@@]34CO[C@H](O3)[C@H](NC(=O)C(F)(F)F)[C@@H](O)[C@H]4O)ccc2n1. The largest absolute Gasteiger partial charge is 0.505 e. The number of aromatic hydroxyl groups is 1. The third-order valence-electron chi connectivity index (χ3n) is 22.1. The summed E-state index contributed by atoms with van der Waals surface area (Å²) in [4.78, 5) is 92.7. The molecule has 2 aromatic carbocycles. The number of carbonyl (C=O) groups excluding carboxylic acids is 7. The summed E-state index contributed by atoms with van der Waals surface area (Å²) in [5.74, 6) is -3.81. The van der Waals surface area contributed by atoms with Crippen LogP contribution in [0.3, 0.4) is 0 Å². The Morgan fingerprint density at radius 2 is 0.775 bits per heavy atom. The summed E-state index contributed by atoms with van der Waals surface area (Å²) in [6.07, 6.45) is -30.3. The van der Waals surface area contributed by atoms with Gasteiger partial charge in [0.25, 0.3) is 0 Å². The molecule has 7 amide bonds. The van der Waals surface area contributed by atoms with Gasteiger partial charge in [0.2, 0.25) is 23.6 Å². The Hall–Kier alpha value is -8.74. The Morgan fingerprint density at radius 1 is 0.430 bits per heavy atom. The van der Waals surface area contributed by atoms with Gasteiger partial charge < -0.3 is 183 Å². The fourth-order valence-electron chi connectivity index (χ4n) is 14.6. The number of anilines is 1. The van der Waals surface area contributed by atoms with Crippen molar-refractivity contribution in [1.29, 1.82) is 0 Å². The molecular formula is C85H123F10N11O36. The van der Waals surface area contributed by atoms with E-state index in [1.54, 1.807) is 46.3 Å². The molecule has 57 heteroatoms. The summed E-state index contributed by atoms with van der Waals surface area (Å²) in [5, 5.41) is 90.8. The van der Waals surface area contributed by atoms with Crippen LogP contribution in [-0.4, -0.2) is 441 Å². The average molecular weight is 2060 g/mol. The lowest BCUT2D eigenvalue weighted by atomic mass is 9.88. The Bertz CT molecular complexity index is 4140. The Balaban J connectivity index is 0.701. The van der Waals surface area contributed by atoms with Gasteiger partial charge in [0.05, 0.1) is 247 Å². The van der Waals surface area contributed by atoms with Crippen molar-refractivity contribution in [3.05, 3.63) is 66.2 Å². The van der Waals surface area contributed by atoms with Gasteiger partial charge in [-0.25, -0.2) is 15.2 Å². The highest BCUT2D eigenvalue weighted by Gasteiger charge is 2.64. The van der Waals surface area contributed by atoms with Gasteiger partial charge >= 0.3 is 36.3 Å². The van der Waals surface area contributed by atoms with Gasteiger partial charge in [-0.05, 0) is 42.8 Å². The van der Waals surface area contributed by atoms with Crippen LogP contribution in [0.5, 0.6) is 11.5 Å². The van der Waals surface area contributed by atoms with E-state index in [0.29, 0.717) is 22.3 Å². The molecule has 0 spiro atoms. The fraction of sp³-hybridized carbons (Fsp3) is 0.718. The van der Waals surface area contributed by atoms with Crippen molar-refractivity contribution in [3.63, 3.8) is 0 Å². The number of nitrogens with one attached hydrogen (secondary N) is 7. The normalized spacial score (nSPS) is 24.3. The molecule has 3 aromatic rings. The molecule has 47 nitrogen and oxygen atoms in total. The van der Waals surface area contributed by atoms with Gasteiger partial charge in [-0.2, -0.15) is 39.5 Å². The van der Waals surface area contributed by atoms with E-state index in [0.717, 1.165) is 17.1 Å². The van der Waals surface area contributed by atoms with E-state index in [-0.39, 0.29) is 288 Å². The molecule has 18 N–H and O–H groups in total. The number of phenols is 1. The average Bonchev–Trinajstić information content (AvgIpc) is 1.60. The first-order valence-electron chi connectivity index (χ1n) is 45.2. The van der Waals surface area contributed by atoms with Gasteiger partial charge in [0, 0.05) is 63.0 Å². The van der Waals surface area contributed by atoms with E-state index in [4.69, 9.17) is 116 Å². The minimum absolute atomic E-state index is 0.0255. The maximum absolute atomic E-state index is 14.2. The van der Waals surface area contributed by atoms with Gasteiger partial charge in [-0.1, -0.05) is 6.07 Å². The van der Waals surface area contributed by atoms with E-state index >= 15 is 0 Å².